The molecule has 2 aliphatic heterocycles. The Labute approximate surface area is 70.7 Å². The number of hydrogen-bond acceptors (Lipinski definition) is 3. The van der Waals surface area contributed by atoms with E-state index in [9.17, 15) is 4.79 Å². The number of fused-ring (bicyclic) bond motifs is 1. The Kier molecular flexibility index (Phi) is 1.77. The summed E-state index contributed by atoms with van der Waals surface area (Å²) in [4.78, 5) is 12.7. The monoisotopic (exact) mass is 169 g/mol. The minimum atomic E-state index is -0.262. The van der Waals surface area contributed by atoms with E-state index in [1.54, 1.807) is 18.2 Å². The van der Waals surface area contributed by atoms with E-state index in [-0.39, 0.29) is 18.2 Å². The average Bonchev–Trinajstić information content (AvgIpc) is 2.49. The summed E-state index contributed by atoms with van der Waals surface area (Å²) in [6.45, 7) is 0.502. The van der Waals surface area contributed by atoms with E-state index in [0.717, 1.165) is 6.42 Å². The number of cyclic esters (lactones) is 1. The molecule has 0 aromatic carbocycles. The molecule has 12 heavy (non-hydrogen) atoms. The third kappa shape index (κ3) is 0.992. The van der Waals surface area contributed by atoms with Gasteiger partial charge in [0.1, 0.15) is 0 Å². The summed E-state index contributed by atoms with van der Waals surface area (Å²) < 4.78 is 10.1. The highest BCUT2D eigenvalue weighted by Crippen LogP contribution is 2.24. The Balaban J connectivity index is 2.14. The van der Waals surface area contributed by atoms with Crippen LogP contribution in [0.5, 0.6) is 0 Å². The lowest BCUT2D eigenvalue weighted by Gasteiger charge is -2.30. The first-order chi connectivity index (χ1) is 5.83. The molecule has 0 bridgehead atoms. The normalized spacial score (nSPS) is 33.4. The summed E-state index contributed by atoms with van der Waals surface area (Å²) in [5, 5.41) is 0. The largest absolute Gasteiger partial charge is 0.449 e. The fourth-order valence-electron chi connectivity index (χ4n) is 1.65. The van der Waals surface area contributed by atoms with Gasteiger partial charge in [0.25, 0.3) is 0 Å². The molecular weight excluding hydrogens is 158 g/mol. The molecule has 0 unspecified atom stereocenters. The van der Waals surface area contributed by atoms with Gasteiger partial charge in [-0.05, 0) is 6.08 Å². The molecule has 2 aliphatic rings. The van der Waals surface area contributed by atoms with Crippen LogP contribution in [0.3, 0.4) is 0 Å². The lowest BCUT2D eigenvalue weighted by Crippen LogP contribution is -2.44. The van der Waals surface area contributed by atoms with Crippen LogP contribution in [0.4, 0.5) is 4.79 Å². The molecule has 1 fully saturated rings. The summed E-state index contributed by atoms with van der Waals surface area (Å²) >= 11 is 0. The molecule has 4 nitrogen and oxygen atoms in total. The summed E-state index contributed by atoms with van der Waals surface area (Å²) in [6.07, 6.45) is 4.24. The zero-order chi connectivity index (χ0) is 8.55. The van der Waals surface area contributed by atoms with E-state index >= 15 is 0 Å². The van der Waals surface area contributed by atoms with Gasteiger partial charge in [0.05, 0.1) is 18.8 Å². The van der Waals surface area contributed by atoms with E-state index in [4.69, 9.17) is 9.47 Å². The highest BCUT2D eigenvalue weighted by molar-refractivity contribution is 5.71. The van der Waals surface area contributed by atoms with Gasteiger partial charge in [-0.3, -0.25) is 4.90 Å². The fourth-order valence-corrected chi connectivity index (χ4v) is 1.65. The van der Waals surface area contributed by atoms with Crippen LogP contribution in [-0.4, -0.2) is 36.9 Å². The molecule has 0 N–H and O–H groups in total. The average molecular weight is 169 g/mol. The zero-order valence-electron chi connectivity index (χ0n) is 6.90. The Bertz CT molecular complexity index is 226. The van der Waals surface area contributed by atoms with E-state index in [1.807, 2.05) is 6.08 Å². The van der Waals surface area contributed by atoms with Crippen LogP contribution >= 0.6 is 0 Å². The van der Waals surface area contributed by atoms with Gasteiger partial charge in [-0.25, -0.2) is 4.79 Å². The predicted octanol–water partition coefficient (Wildman–Crippen LogP) is 0.740. The van der Waals surface area contributed by atoms with Gasteiger partial charge >= 0.3 is 6.09 Å². The molecule has 2 atom stereocenters. The Hall–Kier alpha value is -1.03. The molecule has 66 valence electrons. The van der Waals surface area contributed by atoms with Gasteiger partial charge < -0.3 is 9.47 Å². The van der Waals surface area contributed by atoms with Crippen LogP contribution in [0.1, 0.15) is 6.42 Å². The van der Waals surface area contributed by atoms with Crippen molar-refractivity contribution in [3.8, 4) is 0 Å². The van der Waals surface area contributed by atoms with Crippen LogP contribution < -0.4 is 0 Å². The van der Waals surface area contributed by atoms with Gasteiger partial charge in [-0.2, -0.15) is 0 Å². The van der Waals surface area contributed by atoms with Crippen molar-refractivity contribution < 1.29 is 14.3 Å². The van der Waals surface area contributed by atoms with E-state index in [2.05, 4.69) is 0 Å². The predicted molar refractivity (Wildman–Crippen MR) is 41.5 cm³/mol. The number of carbonyl (C=O) groups is 1. The molecular formula is C8H11NO3. The number of rotatable bonds is 1. The fraction of sp³-hybridized carbons (Fsp3) is 0.625. The minimum absolute atomic E-state index is 0.0397. The second kappa shape index (κ2) is 2.79. The van der Waals surface area contributed by atoms with Crippen molar-refractivity contribution in [2.75, 3.05) is 13.7 Å². The Morgan fingerprint density at radius 1 is 1.75 bits per heavy atom. The van der Waals surface area contributed by atoms with Crippen molar-refractivity contribution in [1.29, 1.82) is 0 Å². The SMILES string of the molecule is CO[C@H]1C=CN2C(=O)OCC[C@H]12. The highest BCUT2D eigenvalue weighted by atomic mass is 16.6. The van der Waals surface area contributed by atoms with Gasteiger partial charge in [-0.1, -0.05) is 0 Å². The molecule has 0 spiro atoms. The maximum atomic E-state index is 11.1. The maximum absolute atomic E-state index is 11.1. The number of methoxy groups -OCH3 is 1. The van der Waals surface area contributed by atoms with E-state index < -0.39 is 0 Å². The molecule has 0 aromatic heterocycles. The minimum Gasteiger partial charge on any atom is -0.449 e. The quantitative estimate of drug-likeness (QED) is 0.581. The van der Waals surface area contributed by atoms with Gasteiger partial charge in [0.15, 0.2) is 0 Å². The van der Waals surface area contributed by atoms with Crippen LogP contribution in [0.15, 0.2) is 12.3 Å². The number of carbonyl (C=O) groups excluding carboxylic acids is 1. The van der Waals surface area contributed by atoms with Crippen molar-refractivity contribution in [2.45, 2.75) is 18.6 Å². The zero-order valence-corrected chi connectivity index (χ0v) is 6.90. The molecule has 0 aliphatic carbocycles. The molecule has 0 aromatic rings. The second-order valence-corrected chi connectivity index (χ2v) is 2.92. The van der Waals surface area contributed by atoms with Crippen molar-refractivity contribution in [3.05, 3.63) is 12.3 Å². The number of hydrogen-bond donors (Lipinski definition) is 0. The molecule has 1 amide bonds. The second-order valence-electron chi connectivity index (χ2n) is 2.92. The van der Waals surface area contributed by atoms with Crippen LogP contribution in [0.2, 0.25) is 0 Å². The van der Waals surface area contributed by atoms with Crippen molar-refractivity contribution in [2.24, 2.45) is 0 Å². The smallest absolute Gasteiger partial charge is 0.414 e. The first-order valence-corrected chi connectivity index (χ1v) is 3.99. The first-order valence-electron chi connectivity index (χ1n) is 3.99. The number of nitrogens with zero attached hydrogens (tertiary/aromatic N) is 1. The standard InChI is InChI=1S/C8H11NO3/c1-11-7-2-4-9-6(7)3-5-12-8(9)10/h2,4,6-7H,3,5H2,1H3/t6-,7+/m1/s1. The number of amides is 1. The molecule has 0 saturated carbocycles. The lowest BCUT2D eigenvalue weighted by molar-refractivity contribution is 0.0237. The van der Waals surface area contributed by atoms with Gasteiger partial charge in [0.2, 0.25) is 0 Å². The van der Waals surface area contributed by atoms with Crippen molar-refractivity contribution in [1.82, 2.24) is 4.90 Å². The summed E-state index contributed by atoms with van der Waals surface area (Å²) in [5.74, 6) is 0. The molecule has 0 radical (unpaired) electrons. The third-order valence-electron chi connectivity index (χ3n) is 2.30. The molecule has 4 heteroatoms. The van der Waals surface area contributed by atoms with Gasteiger partial charge in [-0.15, -0.1) is 0 Å². The Morgan fingerprint density at radius 2 is 2.58 bits per heavy atom. The number of ether oxygens (including phenoxy) is 2. The Morgan fingerprint density at radius 3 is 3.33 bits per heavy atom. The summed E-state index contributed by atoms with van der Waals surface area (Å²) in [6, 6.07) is 0.149. The first kappa shape index (κ1) is 7.61. The topological polar surface area (TPSA) is 38.8 Å². The molecule has 2 rings (SSSR count). The van der Waals surface area contributed by atoms with Crippen molar-refractivity contribution in [3.63, 3.8) is 0 Å². The van der Waals surface area contributed by atoms with E-state index in [0.29, 0.717) is 6.61 Å². The molecule has 1 saturated heterocycles. The van der Waals surface area contributed by atoms with Crippen LogP contribution in [0.25, 0.3) is 0 Å². The summed E-state index contributed by atoms with van der Waals surface area (Å²) in [7, 11) is 1.65. The van der Waals surface area contributed by atoms with Gasteiger partial charge in [0, 0.05) is 19.7 Å². The lowest BCUT2D eigenvalue weighted by atomic mass is 10.1. The van der Waals surface area contributed by atoms with Crippen LogP contribution in [0, 0.1) is 0 Å². The third-order valence-corrected chi connectivity index (χ3v) is 2.30. The maximum Gasteiger partial charge on any atom is 0.414 e. The highest BCUT2D eigenvalue weighted by Gasteiger charge is 2.36. The van der Waals surface area contributed by atoms with Crippen molar-refractivity contribution >= 4 is 6.09 Å². The summed E-state index contributed by atoms with van der Waals surface area (Å²) in [5.41, 5.74) is 0. The van der Waals surface area contributed by atoms with Crippen LogP contribution in [-0.2, 0) is 9.47 Å². The van der Waals surface area contributed by atoms with E-state index in [1.165, 1.54) is 0 Å². The molecule has 2 heterocycles.